The first-order chi connectivity index (χ1) is 9.88. The van der Waals surface area contributed by atoms with Gasteiger partial charge < -0.3 is 14.9 Å². The van der Waals surface area contributed by atoms with Gasteiger partial charge in [-0.2, -0.15) is 4.31 Å². The van der Waals surface area contributed by atoms with Gasteiger partial charge in [0.05, 0.1) is 30.9 Å². The van der Waals surface area contributed by atoms with E-state index < -0.39 is 29.2 Å². The van der Waals surface area contributed by atoms with Crippen LogP contribution in [0.1, 0.15) is 10.4 Å². The number of nitrogens with zero attached hydrogens (tertiary/aromatic N) is 1. The molecule has 0 saturated heterocycles. The third kappa shape index (κ3) is 4.14. The lowest BCUT2D eigenvalue weighted by molar-refractivity contribution is 0.0600. The Morgan fingerprint density at radius 2 is 1.86 bits per heavy atom. The first-order valence-corrected chi connectivity index (χ1v) is 7.80. The van der Waals surface area contributed by atoms with Crippen molar-refractivity contribution in [3.63, 3.8) is 0 Å². The molecule has 0 fully saturated rings. The van der Waals surface area contributed by atoms with E-state index in [0.717, 1.165) is 10.4 Å². The molecule has 118 valence electrons. The fourth-order valence-corrected chi connectivity index (χ4v) is 3.58. The van der Waals surface area contributed by atoms with Crippen LogP contribution < -0.4 is 0 Å². The predicted octanol–water partition coefficient (Wildman–Crippen LogP) is 0.102. The maximum Gasteiger partial charge on any atom is 0.337 e. The standard InChI is InChI=1S/C12H16ClNO6S/c1-20-12(17)9-2-3-10(13)11(8-9)21(18,19)14(4-6-15)5-7-16/h2-3,8,15-16H,4-7H2,1H3. The van der Waals surface area contributed by atoms with Gasteiger partial charge in [-0.25, -0.2) is 13.2 Å². The van der Waals surface area contributed by atoms with E-state index >= 15 is 0 Å². The van der Waals surface area contributed by atoms with Crippen LogP contribution in [0.2, 0.25) is 5.02 Å². The number of methoxy groups -OCH3 is 1. The molecule has 0 radical (unpaired) electrons. The normalized spacial score (nSPS) is 11.7. The number of carbonyl (C=O) groups is 1. The smallest absolute Gasteiger partial charge is 0.337 e. The first kappa shape index (κ1) is 17.9. The van der Waals surface area contributed by atoms with Gasteiger partial charge in [0.2, 0.25) is 10.0 Å². The molecule has 0 aromatic heterocycles. The molecule has 2 N–H and O–H groups in total. The Balaban J connectivity index is 3.31. The highest BCUT2D eigenvalue weighted by Crippen LogP contribution is 2.26. The summed E-state index contributed by atoms with van der Waals surface area (Å²) in [5, 5.41) is 17.8. The van der Waals surface area contributed by atoms with Crippen molar-refractivity contribution in [2.45, 2.75) is 4.90 Å². The summed E-state index contributed by atoms with van der Waals surface area (Å²) in [6, 6.07) is 3.72. The van der Waals surface area contributed by atoms with Gasteiger partial charge in [0.1, 0.15) is 4.90 Å². The van der Waals surface area contributed by atoms with E-state index in [4.69, 9.17) is 21.8 Å². The van der Waals surface area contributed by atoms with E-state index in [2.05, 4.69) is 4.74 Å². The molecular weight excluding hydrogens is 322 g/mol. The summed E-state index contributed by atoms with van der Waals surface area (Å²) in [5.74, 6) is -0.695. The molecule has 1 aromatic carbocycles. The predicted molar refractivity (Wildman–Crippen MR) is 75.7 cm³/mol. The monoisotopic (exact) mass is 337 g/mol. The second kappa shape index (κ2) is 7.71. The minimum atomic E-state index is -4.05. The zero-order valence-corrected chi connectivity index (χ0v) is 12.9. The summed E-state index contributed by atoms with van der Waals surface area (Å²) in [6.07, 6.45) is 0. The number of carbonyl (C=O) groups excluding carboxylic acids is 1. The number of hydrogen-bond donors (Lipinski definition) is 2. The molecule has 0 unspecified atom stereocenters. The van der Waals surface area contributed by atoms with Crippen molar-refractivity contribution in [2.75, 3.05) is 33.4 Å². The van der Waals surface area contributed by atoms with Crippen molar-refractivity contribution in [3.8, 4) is 0 Å². The largest absolute Gasteiger partial charge is 0.465 e. The summed E-state index contributed by atoms with van der Waals surface area (Å²) in [6.45, 7) is -1.20. The van der Waals surface area contributed by atoms with E-state index in [1.807, 2.05) is 0 Å². The zero-order chi connectivity index (χ0) is 16.0. The van der Waals surface area contributed by atoms with Crippen molar-refractivity contribution in [1.29, 1.82) is 0 Å². The molecule has 0 amide bonds. The van der Waals surface area contributed by atoms with E-state index in [1.165, 1.54) is 19.2 Å². The minimum absolute atomic E-state index is 0.0356. The van der Waals surface area contributed by atoms with Crippen LogP contribution in [-0.2, 0) is 14.8 Å². The Morgan fingerprint density at radius 3 is 2.33 bits per heavy atom. The molecular formula is C12H16ClNO6S. The third-order valence-corrected chi connectivity index (χ3v) is 5.05. The average molecular weight is 338 g/mol. The molecule has 0 spiro atoms. The molecule has 0 aliphatic carbocycles. The molecule has 0 saturated carbocycles. The Kier molecular flexibility index (Phi) is 6.56. The minimum Gasteiger partial charge on any atom is -0.465 e. The Morgan fingerprint density at radius 1 is 1.29 bits per heavy atom. The number of sulfonamides is 1. The topological polar surface area (TPSA) is 104 Å². The van der Waals surface area contributed by atoms with Gasteiger partial charge in [-0.3, -0.25) is 0 Å². The Hall–Kier alpha value is -1.19. The molecule has 0 aliphatic heterocycles. The highest BCUT2D eigenvalue weighted by atomic mass is 35.5. The SMILES string of the molecule is COC(=O)c1ccc(Cl)c(S(=O)(=O)N(CCO)CCO)c1. The van der Waals surface area contributed by atoms with Gasteiger partial charge in [-0.05, 0) is 18.2 Å². The number of benzene rings is 1. The molecule has 0 bridgehead atoms. The van der Waals surface area contributed by atoms with Gasteiger partial charge in [-0.15, -0.1) is 0 Å². The maximum atomic E-state index is 12.5. The van der Waals surface area contributed by atoms with E-state index in [-0.39, 0.29) is 28.6 Å². The van der Waals surface area contributed by atoms with Crippen molar-refractivity contribution >= 4 is 27.6 Å². The van der Waals surface area contributed by atoms with Crippen LogP contribution >= 0.6 is 11.6 Å². The molecule has 1 rings (SSSR count). The van der Waals surface area contributed by atoms with E-state index in [9.17, 15) is 13.2 Å². The van der Waals surface area contributed by atoms with Crippen molar-refractivity contribution in [3.05, 3.63) is 28.8 Å². The van der Waals surface area contributed by atoms with Crippen molar-refractivity contribution in [1.82, 2.24) is 4.31 Å². The van der Waals surface area contributed by atoms with Crippen LogP contribution in [0.3, 0.4) is 0 Å². The lowest BCUT2D eigenvalue weighted by Gasteiger charge is -2.21. The second-order valence-electron chi connectivity index (χ2n) is 3.99. The van der Waals surface area contributed by atoms with Gasteiger partial charge in [0.15, 0.2) is 0 Å². The van der Waals surface area contributed by atoms with Gasteiger partial charge >= 0.3 is 5.97 Å². The number of halogens is 1. The number of aliphatic hydroxyl groups excluding tert-OH is 2. The lowest BCUT2D eigenvalue weighted by atomic mass is 10.2. The highest BCUT2D eigenvalue weighted by molar-refractivity contribution is 7.89. The number of aliphatic hydroxyl groups is 2. The molecule has 7 nitrogen and oxygen atoms in total. The molecule has 9 heteroatoms. The van der Waals surface area contributed by atoms with Crippen LogP contribution in [0, 0.1) is 0 Å². The molecule has 1 aromatic rings. The fourth-order valence-electron chi connectivity index (χ4n) is 1.66. The van der Waals surface area contributed by atoms with Crippen LogP contribution in [0.15, 0.2) is 23.1 Å². The lowest BCUT2D eigenvalue weighted by Crippen LogP contribution is -2.36. The third-order valence-electron chi connectivity index (χ3n) is 2.67. The van der Waals surface area contributed by atoms with Crippen molar-refractivity contribution < 1.29 is 28.2 Å². The maximum absolute atomic E-state index is 12.5. The first-order valence-electron chi connectivity index (χ1n) is 5.98. The van der Waals surface area contributed by atoms with Crippen molar-refractivity contribution in [2.24, 2.45) is 0 Å². The van der Waals surface area contributed by atoms with Gasteiger partial charge in [0.25, 0.3) is 0 Å². The summed E-state index contributed by atoms with van der Waals surface area (Å²) in [7, 11) is -2.87. The fraction of sp³-hybridized carbons (Fsp3) is 0.417. The average Bonchev–Trinajstić information content (AvgIpc) is 2.46. The number of ether oxygens (including phenoxy) is 1. The number of rotatable bonds is 7. The quantitative estimate of drug-likeness (QED) is 0.684. The summed E-state index contributed by atoms with van der Waals surface area (Å²) in [5.41, 5.74) is 0.0356. The molecule has 0 atom stereocenters. The number of esters is 1. The van der Waals surface area contributed by atoms with E-state index in [1.54, 1.807) is 0 Å². The zero-order valence-electron chi connectivity index (χ0n) is 11.3. The van der Waals surface area contributed by atoms with Gasteiger partial charge in [0, 0.05) is 13.1 Å². The molecule has 0 aliphatic rings. The van der Waals surface area contributed by atoms with E-state index in [0.29, 0.717) is 0 Å². The highest BCUT2D eigenvalue weighted by Gasteiger charge is 2.27. The van der Waals surface area contributed by atoms with Crippen LogP contribution in [0.4, 0.5) is 0 Å². The summed E-state index contributed by atoms with van der Waals surface area (Å²) >= 11 is 5.89. The van der Waals surface area contributed by atoms with Crippen LogP contribution in [0.5, 0.6) is 0 Å². The summed E-state index contributed by atoms with van der Waals surface area (Å²) in [4.78, 5) is 11.2. The van der Waals surface area contributed by atoms with Crippen LogP contribution in [0.25, 0.3) is 0 Å². The number of hydrogen-bond acceptors (Lipinski definition) is 6. The summed E-state index contributed by atoms with van der Waals surface area (Å²) < 4.78 is 30.3. The van der Waals surface area contributed by atoms with Gasteiger partial charge in [-0.1, -0.05) is 11.6 Å². The second-order valence-corrected chi connectivity index (χ2v) is 6.30. The Bertz CT molecular complexity index is 598. The molecule has 0 heterocycles. The van der Waals surface area contributed by atoms with Crippen LogP contribution in [-0.4, -0.2) is 62.3 Å². The molecule has 21 heavy (non-hydrogen) atoms. The Labute approximate surface area is 127 Å².